The number of carbonyl (C=O) groups excluding carboxylic acids is 1. The molecule has 0 radical (unpaired) electrons. The Morgan fingerprint density at radius 3 is 2.89 bits per heavy atom. The van der Waals surface area contributed by atoms with Crippen LogP contribution in [-0.4, -0.2) is 58.9 Å². The molecule has 1 aliphatic rings. The first-order chi connectivity index (χ1) is 13.6. The fourth-order valence-electron chi connectivity index (χ4n) is 2.98. The predicted octanol–water partition coefficient (Wildman–Crippen LogP) is 2.51. The second-order valence-corrected chi connectivity index (χ2v) is 7.91. The molecule has 0 spiro atoms. The summed E-state index contributed by atoms with van der Waals surface area (Å²) < 4.78 is 26.0. The third-order valence-corrected chi connectivity index (χ3v) is 5.57. The van der Waals surface area contributed by atoms with Crippen LogP contribution in [0, 0.1) is 5.82 Å². The zero-order chi connectivity index (χ0) is 19.9. The molecule has 1 fully saturated rings. The van der Waals surface area contributed by atoms with Gasteiger partial charge in [-0.3, -0.25) is 9.36 Å². The van der Waals surface area contributed by atoms with Crippen molar-refractivity contribution in [3.05, 3.63) is 30.1 Å². The van der Waals surface area contributed by atoms with Gasteiger partial charge in [-0.1, -0.05) is 11.8 Å². The lowest BCUT2D eigenvalue weighted by molar-refractivity contribution is -0.120. The van der Waals surface area contributed by atoms with E-state index in [2.05, 4.69) is 15.5 Å². The molecule has 1 aliphatic heterocycles. The Balaban J connectivity index is 1.79. The van der Waals surface area contributed by atoms with Gasteiger partial charge in [-0.2, -0.15) is 0 Å². The molecule has 0 saturated carbocycles. The molecule has 1 aromatic heterocycles. The van der Waals surface area contributed by atoms with Gasteiger partial charge in [0.1, 0.15) is 5.82 Å². The smallest absolute Gasteiger partial charge is 0.233 e. The molecule has 28 heavy (non-hydrogen) atoms. The van der Waals surface area contributed by atoms with Crippen LogP contribution in [0.3, 0.4) is 0 Å². The van der Waals surface area contributed by atoms with Crippen molar-refractivity contribution in [3.63, 3.8) is 0 Å². The Morgan fingerprint density at radius 1 is 1.43 bits per heavy atom. The molecular weight excluding hydrogens is 383 g/mol. The van der Waals surface area contributed by atoms with Crippen LogP contribution in [0.4, 0.5) is 4.39 Å². The summed E-state index contributed by atoms with van der Waals surface area (Å²) in [7, 11) is 1.59. The van der Waals surface area contributed by atoms with Crippen molar-refractivity contribution in [1.82, 2.24) is 20.1 Å². The molecule has 2 aromatic rings. The molecule has 2 atom stereocenters. The SMILES string of the molecule is COCCNC(=O)[C@H](C)Sc1nnc(-c2ccc(F)cc2)n1C[C@H]1CCCO1. The van der Waals surface area contributed by atoms with E-state index in [0.29, 0.717) is 30.7 Å². The van der Waals surface area contributed by atoms with Gasteiger partial charge in [-0.05, 0) is 44.0 Å². The Hall–Kier alpha value is -1.97. The lowest BCUT2D eigenvalue weighted by Gasteiger charge is -2.16. The molecule has 0 bridgehead atoms. The number of hydrogen-bond acceptors (Lipinski definition) is 6. The summed E-state index contributed by atoms with van der Waals surface area (Å²) in [6.07, 6.45) is 2.08. The van der Waals surface area contributed by atoms with Gasteiger partial charge in [0, 0.05) is 25.8 Å². The lowest BCUT2D eigenvalue weighted by atomic mass is 10.2. The molecule has 7 nitrogen and oxygen atoms in total. The highest BCUT2D eigenvalue weighted by molar-refractivity contribution is 8.00. The zero-order valence-corrected chi connectivity index (χ0v) is 16.9. The topological polar surface area (TPSA) is 78.3 Å². The third kappa shape index (κ3) is 5.30. The number of thioether (sulfide) groups is 1. The van der Waals surface area contributed by atoms with Crippen molar-refractivity contribution in [2.24, 2.45) is 0 Å². The number of halogens is 1. The average molecular weight is 408 g/mol. The van der Waals surface area contributed by atoms with Crippen LogP contribution in [-0.2, 0) is 20.8 Å². The van der Waals surface area contributed by atoms with Gasteiger partial charge in [-0.25, -0.2) is 4.39 Å². The molecule has 2 heterocycles. The van der Waals surface area contributed by atoms with E-state index in [4.69, 9.17) is 9.47 Å². The van der Waals surface area contributed by atoms with Crippen LogP contribution >= 0.6 is 11.8 Å². The van der Waals surface area contributed by atoms with Gasteiger partial charge in [0.15, 0.2) is 11.0 Å². The first-order valence-corrected chi connectivity index (χ1v) is 10.2. The second kappa shape index (κ2) is 9.99. The van der Waals surface area contributed by atoms with Gasteiger partial charge in [0.05, 0.1) is 24.5 Å². The first kappa shape index (κ1) is 20.8. The summed E-state index contributed by atoms with van der Waals surface area (Å²) in [5, 5.41) is 11.7. The number of aromatic nitrogens is 3. The second-order valence-electron chi connectivity index (χ2n) is 6.60. The summed E-state index contributed by atoms with van der Waals surface area (Å²) in [5.74, 6) is 0.256. The Morgan fingerprint density at radius 2 is 2.21 bits per heavy atom. The van der Waals surface area contributed by atoms with E-state index in [1.807, 2.05) is 11.5 Å². The summed E-state index contributed by atoms with van der Waals surface area (Å²) in [4.78, 5) is 12.3. The van der Waals surface area contributed by atoms with Crippen molar-refractivity contribution in [1.29, 1.82) is 0 Å². The van der Waals surface area contributed by atoms with Crippen LogP contribution in [0.1, 0.15) is 19.8 Å². The molecule has 9 heteroatoms. The number of nitrogens with zero attached hydrogens (tertiary/aromatic N) is 3. The molecule has 3 rings (SSSR count). The molecule has 0 aliphatic carbocycles. The highest BCUT2D eigenvalue weighted by atomic mass is 32.2. The summed E-state index contributed by atoms with van der Waals surface area (Å²) in [6, 6.07) is 6.17. The fourth-order valence-corrected chi connectivity index (χ4v) is 3.86. The summed E-state index contributed by atoms with van der Waals surface area (Å²) in [6.45, 7) is 4.10. The van der Waals surface area contributed by atoms with Crippen molar-refractivity contribution in [2.75, 3.05) is 26.9 Å². The maximum absolute atomic E-state index is 13.3. The fraction of sp³-hybridized carbons (Fsp3) is 0.526. The van der Waals surface area contributed by atoms with E-state index >= 15 is 0 Å². The maximum atomic E-state index is 13.3. The van der Waals surface area contributed by atoms with Crippen molar-refractivity contribution >= 4 is 17.7 Å². The minimum atomic E-state index is -0.342. The highest BCUT2D eigenvalue weighted by Crippen LogP contribution is 2.29. The number of ether oxygens (including phenoxy) is 2. The normalized spacial score (nSPS) is 17.6. The maximum Gasteiger partial charge on any atom is 0.233 e. The molecule has 0 unspecified atom stereocenters. The molecule has 152 valence electrons. The zero-order valence-electron chi connectivity index (χ0n) is 16.1. The van der Waals surface area contributed by atoms with E-state index in [-0.39, 0.29) is 23.1 Å². The van der Waals surface area contributed by atoms with Gasteiger partial charge in [-0.15, -0.1) is 10.2 Å². The van der Waals surface area contributed by atoms with Crippen LogP contribution in [0.15, 0.2) is 29.4 Å². The lowest BCUT2D eigenvalue weighted by Crippen LogP contribution is -2.33. The predicted molar refractivity (Wildman–Crippen MR) is 105 cm³/mol. The van der Waals surface area contributed by atoms with Gasteiger partial charge in [0.2, 0.25) is 5.91 Å². The third-order valence-electron chi connectivity index (χ3n) is 4.49. The van der Waals surface area contributed by atoms with Crippen LogP contribution < -0.4 is 5.32 Å². The largest absolute Gasteiger partial charge is 0.383 e. The van der Waals surface area contributed by atoms with Gasteiger partial charge in [0.25, 0.3) is 0 Å². The van der Waals surface area contributed by atoms with Crippen LogP contribution in [0.5, 0.6) is 0 Å². The highest BCUT2D eigenvalue weighted by Gasteiger charge is 2.24. The number of amides is 1. The number of benzene rings is 1. The molecule has 1 N–H and O–H groups in total. The monoisotopic (exact) mass is 408 g/mol. The van der Waals surface area contributed by atoms with Crippen LogP contribution in [0.25, 0.3) is 11.4 Å². The summed E-state index contributed by atoms with van der Waals surface area (Å²) in [5.41, 5.74) is 0.774. The van der Waals surface area contributed by atoms with E-state index in [1.165, 1.54) is 23.9 Å². The minimum absolute atomic E-state index is 0.0837. The number of carbonyl (C=O) groups is 1. The Bertz CT molecular complexity index is 778. The van der Waals surface area contributed by atoms with Gasteiger partial charge >= 0.3 is 0 Å². The van der Waals surface area contributed by atoms with Crippen molar-refractivity contribution in [3.8, 4) is 11.4 Å². The molecule has 1 aromatic carbocycles. The number of methoxy groups -OCH3 is 1. The number of hydrogen-bond donors (Lipinski definition) is 1. The van der Waals surface area contributed by atoms with Crippen molar-refractivity contribution in [2.45, 2.75) is 42.8 Å². The van der Waals surface area contributed by atoms with E-state index in [9.17, 15) is 9.18 Å². The minimum Gasteiger partial charge on any atom is -0.383 e. The van der Waals surface area contributed by atoms with Gasteiger partial charge < -0.3 is 14.8 Å². The number of rotatable bonds is 9. The molecule has 1 amide bonds. The standard InChI is InChI=1S/C19H25FN4O3S/c1-13(18(25)21-9-11-26-2)28-19-23-22-17(14-5-7-15(20)8-6-14)24(19)12-16-4-3-10-27-16/h5-8,13,16H,3-4,9-12H2,1-2H3,(H,21,25)/t13-,16+/m0/s1. The molecular formula is C19H25FN4O3S. The quantitative estimate of drug-likeness (QED) is 0.507. The van der Waals surface area contributed by atoms with Crippen molar-refractivity contribution < 1.29 is 18.7 Å². The van der Waals surface area contributed by atoms with E-state index < -0.39 is 0 Å². The average Bonchev–Trinajstić information content (AvgIpc) is 3.34. The van der Waals surface area contributed by atoms with E-state index in [0.717, 1.165) is 25.0 Å². The Kier molecular flexibility index (Phi) is 7.41. The number of nitrogens with one attached hydrogen (secondary N) is 1. The van der Waals surface area contributed by atoms with E-state index in [1.54, 1.807) is 19.2 Å². The molecule has 1 saturated heterocycles. The Labute approximate surface area is 168 Å². The summed E-state index contributed by atoms with van der Waals surface area (Å²) >= 11 is 1.35. The van der Waals surface area contributed by atoms with Crippen LogP contribution in [0.2, 0.25) is 0 Å². The first-order valence-electron chi connectivity index (χ1n) is 9.32.